The molecule has 0 radical (unpaired) electrons. The van der Waals surface area contributed by atoms with E-state index >= 15 is 0 Å². The lowest BCUT2D eigenvalue weighted by Gasteiger charge is -2.32. The van der Waals surface area contributed by atoms with Crippen LogP contribution in [-0.4, -0.2) is 55.7 Å². The van der Waals surface area contributed by atoms with Crippen LogP contribution in [0.3, 0.4) is 0 Å². The second-order valence-electron chi connectivity index (χ2n) is 7.54. The van der Waals surface area contributed by atoms with Crippen molar-refractivity contribution in [2.45, 2.75) is 25.7 Å². The highest BCUT2D eigenvalue weighted by molar-refractivity contribution is 7.93. The summed E-state index contributed by atoms with van der Waals surface area (Å²) in [5.74, 6) is -0.969. The average Bonchev–Trinajstić information content (AvgIpc) is 3.20. The maximum atomic E-state index is 12.8. The first-order chi connectivity index (χ1) is 12.3. The van der Waals surface area contributed by atoms with E-state index in [9.17, 15) is 18.0 Å². The van der Waals surface area contributed by atoms with Crippen LogP contribution in [0.15, 0.2) is 24.3 Å². The first-order valence-electron chi connectivity index (χ1n) is 8.95. The molecule has 2 heterocycles. The van der Waals surface area contributed by atoms with E-state index in [4.69, 9.17) is 5.11 Å². The highest BCUT2D eigenvalue weighted by Crippen LogP contribution is 2.59. The van der Waals surface area contributed by atoms with Gasteiger partial charge in [-0.05, 0) is 49.3 Å². The number of hydrogen-bond donors (Lipinski definition) is 1. The van der Waals surface area contributed by atoms with E-state index in [1.54, 1.807) is 29.2 Å². The van der Waals surface area contributed by atoms with E-state index in [-0.39, 0.29) is 23.0 Å². The lowest BCUT2D eigenvalue weighted by Crippen LogP contribution is -2.40. The van der Waals surface area contributed by atoms with Crippen molar-refractivity contribution < 1.29 is 23.1 Å². The second-order valence-corrected chi connectivity index (χ2v) is 9.55. The van der Waals surface area contributed by atoms with Gasteiger partial charge in [-0.1, -0.05) is 6.07 Å². The van der Waals surface area contributed by atoms with Gasteiger partial charge in [-0.3, -0.25) is 13.9 Å². The number of aliphatic carboxylic acids is 1. The van der Waals surface area contributed by atoms with Crippen molar-refractivity contribution in [2.75, 3.05) is 29.7 Å². The molecule has 0 aromatic heterocycles. The van der Waals surface area contributed by atoms with E-state index < -0.39 is 16.0 Å². The largest absolute Gasteiger partial charge is 0.481 e. The second kappa shape index (κ2) is 5.97. The number of likely N-dealkylation sites (tertiary alicyclic amines) is 1. The minimum Gasteiger partial charge on any atom is -0.481 e. The van der Waals surface area contributed by atoms with Crippen LogP contribution in [0.4, 0.5) is 5.69 Å². The van der Waals surface area contributed by atoms with Crippen LogP contribution in [-0.2, 0) is 14.8 Å². The van der Waals surface area contributed by atoms with Crippen molar-refractivity contribution in [2.24, 2.45) is 11.3 Å². The number of piperidine rings is 1. The maximum Gasteiger partial charge on any atom is 0.307 e. The Bertz CT molecular complexity index is 858. The molecule has 1 aromatic rings. The van der Waals surface area contributed by atoms with Gasteiger partial charge in [0.2, 0.25) is 10.0 Å². The molecule has 3 fully saturated rings. The summed E-state index contributed by atoms with van der Waals surface area (Å²) >= 11 is 0. The van der Waals surface area contributed by atoms with E-state index in [0.29, 0.717) is 43.7 Å². The lowest BCUT2D eigenvalue weighted by molar-refractivity contribution is -0.139. The normalized spacial score (nSPS) is 26.1. The molecule has 7 nitrogen and oxygen atoms in total. The van der Waals surface area contributed by atoms with Gasteiger partial charge >= 0.3 is 5.97 Å². The van der Waals surface area contributed by atoms with Gasteiger partial charge < -0.3 is 10.0 Å². The maximum absolute atomic E-state index is 12.8. The first kappa shape index (κ1) is 17.3. The fraction of sp³-hybridized carbons (Fsp3) is 0.556. The van der Waals surface area contributed by atoms with Gasteiger partial charge in [-0.15, -0.1) is 0 Å². The molecule has 2 saturated heterocycles. The molecular formula is C18H22N2O5S. The fourth-order valence-electron chi connectivity index (χ4n) is 4.31. The van der Waals surface area contributed by atoms with Crippen LogP contribution >= 0.6 is 0 Å². The summed E-state index contributed by atoms with van der Waals surface area (Å²) in [5, 5.41) is 9.17. The van der Waals surface area contributed by atoms with Crippen LogP contribution in [0.2, 0.25) is 0 Å². The first-order valence-corrected chi connectivity index (χ1v) is 10.6. The summed E-state index contributed by atoms with van der Waals surface area (Å²) in [6.45, 7) is 1.55. The number of carbonyl (C=O) groups is 2. The monoisotopic (exact) mass is 378 g/mol. The molecule has 140 valence electrons. The molecule has 1 saturated carbocycles. The molecule has 1 aliphatic carbocycles. The van der Waals surface area contributed by atoms with Gasteiger partial charge in [0, 0.05) is 25.2 Å². The number of amides is 1. The van der Waals surface area contributed by atoms with Crippen molar-refractivity contribution in [1.82, 2.24) is 4.90 Å². The number of anilines is 1. The van der Waals surface area contributed by atoms with Gasteiger partial charge in [-0.2, -0.15) is 0 Å². The van der Waals surface area contributed by atoms with Crippen LogP contribution < -0.4 is 4.31 Å². The van der Waals surface area contributed by atoms with E-state index in [1.807, 2.05) is 0 Å². The minimum atomic E-state index is -3.28. The number of hydrogen-bond acceptors (Lipinski definition) is 4. The summed E-state index contributed by atoms with van der Waals surface area (Å²) in [4.78, 5) is 25.7. The Labute approximate surface area is 152 Å². The van der Waals surface area contributed by atoms with Crippen molar-refractivity contribution in [1.29, 1.82) is 0 Å². The Morgan fingerprint density at radius 2 is 1.88 bits per heavy atom. The summed E-state index contributed by atoms with van der Waals surface area (Å²) in [6.07, 6.45) is 2.75. The number of nitrogens with zero attached hydrogens (tertiary/aromatic N) is 2. The van der Waals surface area contributed by atoms with Crippen LogP contribution in [0.1, 0.15) is 36.0 Å². The predicted molar refractivity (Wildman–Crippen MR) is 95.5 cm³/mol. The predicted octanol–water partition coefficient (Wildman–Crippen LogP) is 1.55. The number of carboxylic acids is 1. The molecule has 1 aromatic carbocycles. The Balaban J connectivity index is 1.46. The zero-order valence-corrected chi connectivity index (χ0v) is 15.2. The molecule has 1 atom stereocenters. The summed E-state index contributed by atoms with van der Waals surface area (Å²) < 4.78 is 25.6. The zero-order chi connectivity index (χ0) is 18.5. The molecule has 2 aliphatic heterocycles. The molecule has 8 heteroatoms. The van der Waals surface area contributed by atoms with Gasteiger partial charge in [0.1, 0.15) is 0 Å². The summed E-state index contributed by atoms with van der Waals surface area (Å²) in [7, 11) is -3.28. The third kappa shape index (κ3) is 2.86. The Morgan fingerprint density at radius 1 is 1.15 bits per heavy atom. The SMILES string of the molecule is O=C(O)C1CC12CCN(C(=O)c1cccc(N3CCCS3(=O)=O)c1)CC2. The number of rotatable bonds is 3. The summed E-state index contributed by atoms with van der Waals surface area (Å²) in [6, 6.07) is 6.78. The molecule has 0 bridgehead atoms. The molecule has 1 unspecified atom stereocenters. The van der Waals surface area contributed by atoms with Crippen LogP contribution in [0.25, 0.3) is 0 Å². The third-order valence-electron chi connectivity index (χ3n) is 6.01. The smallest absolute Gasteiger partial charge is 0.307 e. The Morgan fingerprint density at radius 3 is 2.46 bits per heavy atom. The van der Waals surface area contributed by atoms with Gasteiger partial charge in [0.25, 0.3) is 5.91 Å². The van der Waals surface area contributed by atoms with Crippen molar-refractivity contribution in [3.05, 3.63) is 29.8 Å². The number of carboxylic acid groups (broad SMARTS) is 1. The number of sulfonamides is 1. The van der Waals surface area contributed by atoms with Crippen molar-refractivity contribution in [3.8, 4) is 0 Å². The Hall–Kier alpha value is -2.09. The minimum absolute atomic E-state index is 0.117. The highest BCUT2D eigenvalue weighted by Gasteiger charge is 2.59. The third-order valence-corrected chi connectivity index (χ3v) is 7.88. The van der Waals surface area contributed by atoms with Crippen molar-refractivity contribution in [3.63, 3.8) is 0 Å². The molecule has 4 rings (SSSR count). The van der Waals surface area contributed by atoms with Crippen molar-refractivity contribution >= 4 is 27.6 Å². The molecule has 1 amide bonds. The average molecular weight is 378 g/mol. The molecule has 1 spiro atoms. The fourth-order valence-corrected chi connectivity index (χ4v) is 5.87. The van der Waals surface area contributed by atoms with E-state index in [0.717, 1.165) is 12.8 Å². The van der Waals surface area contributed by atoms with Gasteiger partial charge in [-0.25, -0.2) is 8.42 Å². The van der Waals surface area contributed by atoms with Gasteiger partial charge in [0.15, 0.2) is 0 Å². The van der Waals surface area contributed by atoms with Crippen LogP contribution in [0.5, 0.6) is 0 Å². The highest BCUT2D eigenvalue weighted by atomic mass is 32.2. The molecule has 26 heavy (non-hydrogen) atoms. The van der Waals surface area contributed by atoms with E-state index in [2.05, 4.69) is 0 Å². The van der Waals surface area contributed by atoms with Crippen LogP contribution in [0, 0.1) is 11.3 Å². The molecular weight excluding hydrogens is 356 g/mol. The molecule has 3 aliphatic rings. The number of carbonyl (C=O) groups excluding carboxylic acids is 1. The summed E-state index contributed by atoms with van der Waals surface area (Å²) in [5.41, 5.74) is 0.898. The Kier molecular flexibility index (Phi) is 3.98. The van der Waals surface area contributed by atoms with E-state index in [1.165, 1.54) is 4.31 Å². The number of benzene rings is 1. The molecule has 1 N–H and O–H groups in total. The topological polar surface area (TPSA) is 95.0 Å². The quantitative estimate of drug-likeness (QED) is 0.861. The standard InChI is InChI=1S/C18H22N2O5S/c21-16(19-8-5-18(6-9-19)12-15(18)17(22)23)13-3-1-4-14(11-13)20-7-2-10-26(20,24)25/h1,3-4,11,15H,2,5-10,12H2,(H,22,23). The van der Waals surface area contributed by atoms with Gasteiger partial charge in [0.05, 0.1) is 17.4 Å². The lowest BCUT2D eigenvalue weighted by atomic mass is 9.90. The zero-order valence-electron chi connectivity index (χ0n) is 14.4.